The number of benzene rings is 1. The van der Waals surface area contributed by atoms with Gasteiger partial charge in [-0.15, -0.1) is 0 Å². The molecule has 0 bridgehead atoms. The zero-order valence-electron chi connectivity index (χ0n) is 11.2. The Morgan fingerprint density at radius 2 is 1.89 bits per heavy atom. The number of hydrogen-bond donors (Lipinski definition) is 1. The Morgan fingerprint density at radius 1 is 1.28 bits per heavy atom. The second kappa shape index (κ2) is 8.00. The molecule has 2 atom stereocenters. The molecule has 1 aromatic carbocycles. The Labute approximate surface area is 120 Å². The van der Waals surface area contributed by atoms with Crippen molar-refractivity contribution in [2.45, 2.75) is 25.8 Å². The van der Waals surface area contributed by atoms with Crippen molar-refractivity contribution in [3.8, 4) is 0 Å². The zero-order valence-corrected chi connectivity index (χ0v) is 12.7. The first kappa shape index (κ1) is 15.8. The molecule has 0 heterocycles. The Balaban J connectivity index is 2.68. The fourth-order valence-corrected chi connectivity index (χ4v) is 2.67. The van der Waals surface area contributed by atoms with Gasteiger partial charge in [-0.2, -0.15) is 0 Å². The lowest BCUT2D eigenvalue weighted by Crippen LogP contribution is -2.30. The summed E-state index contributed by atoms with van der Waals surface area (Å²) in [6.45, 7) is 2.95. The van der Waals surface area contributed by atoms with Gasteiger partial charge in [0, 0.05) is 29.8 Å². The minimum atomic E-state index is 0.354. The summed E-state index contributed by atoms with van der Waals surface area (Å²) in [6.07, 6.45) is 1.87. The zero-order chi connectivity index (χ0) is 13.5. The van der Waals surface area contributed by atoms with E-state index in [-0.39, 0.29) is 0 Å². The van der Waals surface area contributed by atoms with Crippen LogP contribution < -0.4 is 5.32 Å². The summed E-state index contributed by atoms with van der Waals surface area (Å²) in [5, 5.41) is 4.80. The van der Waals surface area contributed by atoms with Gasteiger partial charge in [-0.25, -0.2) is 0 Å². The van der Waals surface area contributed by atoms with Gasteiger partial charge in [0.25, 0.3) is 0 Å². The van der Waals surface area contributed by atoms with E-state index in [4.69, 9.17) is 27.9 Å². The summed E-state index contributed by atoms with van der Waals surface area (Å²) in [7, 11) is 3.70. The van der Waals surface area contributed by atoms with Crippen LogP contribution in [0.15, 0.2) is 18.2 Å². The van der Waals surface area contributed by atoms with Gasteiger partial charge in [0.15, 0.2) is 0 Å². The lowest BCUT2D eigenvalue weighted by Gasteiger charge is -2.21. The number of ether oxygens (including phenoxy) is 1. The van der Waals surface area contributed by atoms with E-state index in [2.05, 4.69) is 12.2 Å². The van der Waals surface area contributed by atoms with Crippen molar-refractivity contribution < 1.29 is 4.74 Å². The maximum atomic E-state index is 6.19. The quantitative estimate of drug-likeness (QED) is 0.824. The van der Waals surface area contributed by atoms with Crippen molar-refractivity contribution in [2.24, 2.45) is 5.92 Å². The molecule has 0 saturated carbocycles. The largest absolute Gasteiger partial charge is 0.384 e. The van der Waals surface area contributed by atoms with Gasteiger partial charge in [-0.1, -0.05) is 36.2 Å². The third-order valence-corrected chi connectivity index (χ3v) is 3.77. The Bertz CT molecular complexity index is 351. The molecule has 0 spiro atoms. The molecule has 0 aliphatic rings. The van der Waals surface area contributed by atoms with Crippen molar-refractivity contribution in [3.05, 3.63) is 33.8 Å². The third-order valence-electron chi connectivity index (χ3n) is 3.06. The van der Waals surface area contributed by atoms with E-state index in [1.54, 1.807) is 7.11 Å². The molecule has 0 amide bonds. The molecular formula is C14H21Cl2NO. The average molecular weight is 290 g/mol. The van der Waals surface area contributed by atoms with Gasteiger partial charge < -0.3 is 10.1 Å². The van der Waals surface area contributed by atoms with Crippen molar-refractivity contribution in [1.29, 1.82) is 0 Å². The Hall–Kier alpha value is -0.280. The van der Waals surface area contributed by atoms with Crippen molar-refractivity contribution in [1.82, 2.24) is 5.32 Å². The predicted molar refractivity (Wildman–Crippen MR) is 78.7 cm³/mol. The third kappa shape index (κ3) is 4.77. The summed E-state index contributed by atoms with van der Waals surface area (Å²) >= 11 is 12.4. The molecule has 102 valence electrons. The van der Waals surface area contributed by atoms with E-state index in [1.165, 1.54) is 0 Å². The lowest BCUT2D eigenvalue weighted by atomic mass is 9.96. The monoisotopic (exact) mass is 289 g/mol. The maximum Gasteiger partial charge on any atom is 0.0488 e. The molecule has 0 aliphatic heterocycles. The number of hydrogen-bond acceptors (Lipinski definition) is 2. The molecule has 4 heteroatoms. The highest BCUT2D eigenvalue weighted by molar-refractivity contribution is 6.35. The van der Waals surface area contributed by atoms with Crippen LogP contribution in [0.5, 0.6) is 0 Å². The van der Waals surface area contributed by atoms with Gasteiger partial charge in [0.1, 0.15) is 0 Å². The smallest absolute Gasteiger partial charge is 0.0488 e. The summed E-state index contributed by atoms with van der Waals surface area (Å²) in [6, 6.07) is 5.99. The molecule has 2 unspecified atom stereocenters. The van der Waals surface area contributed by atoms with Crippen LogP contribution >= 0.6 is 23.2 Å². The van der Waals surface area contributed by atoms with Gasteiger partial charge >= 0.3 is 0 Å². The molecule has 1 aromatic rings. The molecule has 18 heavy (non-hydrogen) atoms. The SMILES string of the molecule is CNC(Cc1c(Cl)cccc1Cl)CC(C)COC. The van der Waals surface area contributed by atoms with Gasteiger partial charge in [0.05, 0.1) is 0 Å². The van der Waals surface area contributed by atoms with Crippen LogP contribution in [0.4, 0.5) is 0 Å². The molecule has 2 nitrogen and oxygen atoms in total. The average Bonchev–Trinajstić information content (AvgIpc) is 2.33. The summed E-state index contributed by atoms with van der Waals surface area (Å²) in [4.78, 5) is 0. The molecular weight excluding hydrogens is 269 g/mol. The first-order valence-electron chi connectivity index (χ1n) is 6.17. The van der Waals surface area contributed by atoms with Crippen LogP contribution in [-0.2, 0) is 11.2 Å². The van der Waals surface area contributed by atoms with Crippen molar-refractivity contribution in [3.63, 3.8) is 0 Å². The number of methoxy groups -OCH3 is 1. The molecule has 0 aliphatic carbocycles. The topological polar surface area (TPSA) is 21.3 Å². The van der Waals surface area contributed by atoms with E-state index in [1.807, 2.05) is 25.2 Å². The van der Waals surface area contributed by atoms with Crippen LogP contribution in [0.1, 0.15) is 18.9 Å². The predicted octanol–water partition coefficient (Wildman–Crippen LogP) is 3.80. The second-order valence-electron chi connectivity index (χ2n) is 4.69. The molecule has 0 saturated heterocycles. The fourth-order valence-electron chi connectivity index (χ4n) is 2.12. The minimum Gasteiger partial charge on any atom is -0.384 e. The maximum absolute atomic E-state index is 6.19. The highest BCUT2D eigenvalue weighted by atomic mass is 35.5. The molecule has 1 rings (SSSR count). The van der Waals surface area contributed by atoms with Crippen LogP contribution in [0, 0.1) is 5.92 Å². The number of halogens is 2. The fraction of sp³-hybridized carbons (Fsp3) is 0.571. The first-order chi connectivity index (χ1) is 8.58. The van der Waals surface area contributed by atoms with Crippen molar-refractivity contribution in [2.75, 3.05) is 20.8 Å². The normalized spacial score (nSPS) is 14.5. The van der Waals surface area contributed by atoms with Crippen LogP contribution in [0.25, 0.3) is 0 Å². The molecule has 1 N–H and O–H groups in total. The van der Waals surface area contributed by atoms with Crippen LogP contribution in [0.3, 0.4) is 0 Å². The summed E-state index contributed by atoms with van der Waals surface area (Å²) in [5.41, 5.74) is 1.02. The number of likely N-dealkylation sites (N-methyl/N-ethyl adjacent to an activating group) is 1. The van der Waals surface area contributed by atoms with E-state index in [0.29, 0.717) is 12.0 Å². The highest BCUT2D eigenvalue weighted by Crippen LogP contribution is 2.26. The first-order valence-corrected chi connectivity index (χ1v) is 6.93. The minimum absolute atomic E-state index is 0.354. The standard InChI is InChI=1S/C14H21Cl2NO/c1-10(9-18-3)7-11(17-2)8-12-13(15)5-4-6-14(12)16/h4-6,10-11,17H,7-9H2,1-3H3. The Kier molecular flexibility index (Phi) is 7.02. The molecule has 0 aromatic heterocycles. The number of rotatable bonds is 7. The van der Waals surface area contributed by atoms with Gasteiger partial charge in [-0.05, 0) is 43.5 Å². The van der Waals surface area contributed by atoms with Crippen LogP contribution in [0.2, 0.25) is 10.0 Å². The highest BCUT2D eigenvalue weighted by Gasteiger charge is 2.15. The van der Waals surface area contributed by atoms with Crippen molar-refractivity contribution >= 4 is 23.2 Å². The second-order valence-corrected chi connectivity index (χ2v) is 5.50. The van der Waals surface area contributed by atoms with Gasteiger partial charge in [0.2, 0.25) is 0 Å². The van der Waals surface area contributed by atoms with E-state index < -0.39 is 0 Å². The molecule has 0 radical (unpaired) electrons. The van der Waals surface area contributed by atoms with E-state index >= 15 is 0 Å². The summed E-state index contributed by atoms with van der Waals surface area (Å²) < 4.78 is 5.17. The number of nitrogens with one attached hydrogen (secondary N) is 1. The summed E-state index contributed by atoms with van der Waals surface area (Å²) in [5.74, 6) is 0.508. The molecule has 0 fully saturated rings. The van der Waals surface area contributed by atoms with Gasteiger partial charge in [-0.3, -0.25) is 0 Å². The van der Waals surface area contributed by atoms with E-state index in [0.717, 1.165) is 35.1 Å². The van der Waals surface area contributed by atoms with E-state index in [9.17, 15) is 0 Å². The lowest BCUT2D eigenvalue weighted by molar-refractivity contribution is 0.150. The van der Waals surface area contributed by atoms with Crippen LogP contribution in [-0.4, -0.2) is 26.8 Å². The Morgan fingerprint density at radius 3 is 2.39 bits per heavy atom.